The Morgan fingerprint density at radius 3 is 2.77 bits per heavy atom. The molecule has 5 heteroatoms. The van der Waals surface area contributed by atoms with Gasteiger partial charge in [0.05, 0.1) is 11.5 Å². The van der Waals surface area contributed by atoms with Crippen molar-refractivity contribution in [1.82, 2.24) is 5.32 Å². The minimum absolute atomic E-state index is 0.0396. The Kier molecular flexibility index (Phi) is 3.67. The lowest BCUT2D eigenvalue weighted by Gasteiger charge is -2.13. The summed E-state index contributed by atoms with van der Waals surface area (Å²) in [6.45, 7) is 0.609. The summed E-state index contributed by atoms with van der Waals surface area (Å²) >= 11 is 0. The van der Waals surface area contributed by atoms with Crippen molar-refractivity contribution in [3.05, 3.63) is 0 Å². The molecule has 0 bridgehead atoms. The van der Waals surface area contributed by atoms with Crippen LogP contribution in [0.3, 0.4) is 0 Å². The second-order valence-electron chi connectivity index (χ2n) is 3.57. The monoisotopic (exact) mass is 209 g/mol. The lowest BCUT2D eigenvalue weighted by Crippen LogP contribution is -2.22. The number of sulfone groups is 1. The third-order valence-corrected chi connectivity index (χ3v) is 4.24. The molecule has 2 atom stereocenters. The van der Waals surface area contributed by atoms with E-state index in [0.29, 0.717) is 19.4 Å². The van der Waals surface area contributed by atoms with Crippen molar-refractivity contribution < 1.29 is 12.8 Å². The van der Waals surface area contributed by atoms with Crippen LogP contribution in [0.25, 0.3) is 0 Å². The van der Waals surface area contributed by atoms with Gasteiger partial charge in [-0.15, -0.1) is 0 Å². The summed E-state index contributed by atoms with van der Waals surface area (Å²) in [6.07, 6.45) is -0.0612. The van der Waals surface area contributed by atoms with E-state index in [-0.39, 0.29) is 17.4 Å². The Labute approximate surface area is 78.6 Å². The zero-order valence-corrected chi connectivity index (χ0v) is 8.61. The third kappa shape index (κ3) is 3.23. The molecule has 1 heterocycles. The second-order valence-corrected chi connectivity index (χ2v) is 5.80. The van der Waals surface area contributed by atoms with Crippen molar-refractivity contribution in [1.29, 1.82) is 0 Å². The first-order valence-corrected chi connectivity index (χ1v) is 6.36. The standard InChI is InChI=1S/C8H16FNO2S/c1-10-4-2-8(9)7-3-5-13(11,12)6-7/h7-8,10H,2-6H2,1H3. The van der Waals surface area contributed by atoms with Gasteiger partial charge in [-0.25, -0.2) is 12.8 Å². The van der Waals surface area contributed by atoms with Crippen molar-refractivity contribution >= 4 is 9.84 Å². The van der Waals surface area contributed by atoms with Crippen molar-refractivity contribution in [2.75, 3.05) is 25.1 Å². The first-order valence-electron chi connectivity index (χ1n) is 4.54. The van der Waals surface area contributed by atoms with Gasteiger partial charge in [0.1, 0.15) is 6.17 Å². The lowest BCUT2D eigenvalue weighted by atomic mass is 10.0. The fraction of sp³-hybridized carbons (Fsp3) is 1.00. The first-order chi connectivity index (χ1) is 6.05. The predicted octanol–water partition coefficient (Wildman–Crippen LogP) is 0.369. The average molecular weight is 209 g/mol. The van der Waals surface area contributed by atoms with Crippen LogP contribution in [0.1, 0.15) is 12.8 Å². The maximum Gasteiger partial charge on any atom is 0.150 e. The van der Waals surface area contributed by atoms with Crippen LogP contribution in [0.2, 0.25) is 0 Å². The van der Waals surface area contributed by atoms with E-state index in [1.54, 1.807) is 7.05 Å². The normalized spacial score (nSPS) is 28.9. The maximum absolute atomic E-state index is 13.3. The summed E-state index contributed by atoms with van der Waals surface area (Å²) in [5.74, 6) is -0.0615. The van der Waals surface area contributed by atoms with Crippen molar-refractivity contribution in [3.8, 4) is 0 Å². The Morgan fingerprint density at radius 1 is 1.62 bits per heavy atom. The highest BCUT2D eigenvalue weighted by atomic mass is 32.2. The number of rotatable bonds is 4. The fourth-order valence-corrected chi connectivity index (χ4v) is 3.48. The molecule has 0 aromatic heterocycles. The minimum Gasteiger partial charge on any atom is -0.320 e. The van der Waals surface area contributed by atoms with Crippen LogP contribution in [0.15, 0.2) is 0 Å². The number of halogens is 1. The molecule has 1 aliphatic heterocycles. The van der Waals surface area contributed by atoms with E-state index in [4.69, 9.17) is 0 Å². The molecule has 1 aliphatic rings. The van der Waals surface area contributed by atoms with Gasteiger partial charge in [-0.3, -0.25) is 0 Å². The first kappa shape index (κ1) is 10.9. The Hall–Kier alpha value is -0.160. The SMILES string of the molecule is CNCCC(F)C1CCS(=O)(=O)C1. The summed E-state index contributed by atoms with van der Waals surface area (Å²) < 4.78 is 35.4. The molecule has 0 spiro atoms. The highest BCUT2D eigenvalue weighted by Gasteiger charge is 2.33. The Bertz CT molecular complexity index is 253. The maximum atomic E-state index is 13.3. The van der Waals surface area contributed by atoms with Crippen LogP contribution in [0.4, 0.5) is 4.39 Å². The number of hydrogen-bond acceptors (Lipinski definition) is 3. The highest BCUT2D eigenvalue weighted by Crippen LogP contribution is 2.25. The summed E-state index contributed by atoms with van der Waals surface area (Å²) in [7, 11) is -1.16. The van der Waals surface area contributed by atoms with Gasteiger partial charge < -0.3 is 5.32 Å². The largest absolute Gasteiger partial charge is 0.320 e. The van der Waals surface area contributed by atoms with Crippen LogP contribution in [-0.4, -0.2) is 39.7 Å². The number of nitrogens with one attached hydrogen (secondary N) is 1. The van der Waals surface area contributed by atoms with E-state index >= 15 is 0 Å². The van der Waals surface area contributed by atoms with Crippen molar-refractivity contribution in [3.63, 3.8) is 0 Å². The van der Waals surface area contributed by atoms with Gasteiger partial charge in [-0.1, -0.05) is 0 Å². The fourth-order valence-electron chi connectivity index (χ4n) is 1.63. The van der Waals surface area contributed by atoms with Crippen LogP contribution >= 0.6 is 0 Å². The van der Waals surface area contributed by atoms with Gasteiger partial charge in [0, 0.05) is 5.92 Å². The molecule has 1 fully saturated rings. The molecule has 0 radical (unpaired) electrons. The summed E-state index contributed by atoms with van der Waals surface area (Å²) in [5.41, 5.74) is 0. The quantitative estimate of drug-likeness (QED) is 0.727. The molecule has 0 saturated carbocycles. The molecule has 0 amide bonds. The molecule has 0 aromatic rings. The van der Waals surface area contributed by atoms with Crippen LogP contribution in [0.5, 0.6) is 0 Å². The molecule has 1 rings (SSSR count). The molecule has 3 nitrogen and oxygen atoms in total. The van der Waals surface area contributed by atoms with E-state index in [0.717, 1.165) is 0 Å². The van der Waals surface area contributed by atoms with Crippen LogP contribution < -0.4 is 5.32 Å². The lowest BCUT2D eigenvalue weighted by molar-refractivity contribution is 0.230. The molecule has 0 aliphatic carbocycles. The van der Waals surface area contributed by atoms with E-state index < -0.39 is 16.0 Å². The van der Waals surface area contributed by atoms with E-state index in [1.165, 1.54) is 0 Å². The van der Waals surface area contributed by atoms with Crippen molar-refractivity contribution in [2.45, 2.75) is 19.0 Å². The Morgan fingerprint density at radius 2 is 2.31 bits per heavy atom. The minimum atomic E-state index is -2.93. The van der Waals surface area contributed by atoms with Crippen LogP contribution in [0, 0.1) is 5.92 Å². The van der Waals surface area contributed by atoms with Gasteiger partial charge in [0.15, 0.2) is 9.84 Å². The average Bonchev–Trinajstić information content (AvgIpc) is 2.42. The van der Waals surface area contributed by atoms with Gasteiger partial charge in [0.2, 0.25) is 0 Å². The topological polar surface area (TPSA) is 46.2 Å². The smallest absolute Gasteiger partial charge is 0.150 e. The second kappa shape index (κ2) is 4.37. The van der Waals surface area contributed by atoms with E-state index in [9.17, 15) is 12.8 Å². The molecule has 1 saturated heterocycles. The van der Waals surface area contributed by atoms with Gasteiger partial charge in [-0.2, -0.15) is 0 Å². The Balaban J connectivity index is 2.37. The molecule has 78 valence electrons. The molecule has 2 unspecified atom stereocenters. The number of hydrogen-bond donors (Lipinski definition) is 1. The van der Waals surface area contributed by atoms with E-state index in [2.05, 4.69) is 5.32 Å². The summed E-state index contributed by atoms with van der Waals surface area (Å²) in [6, 6.07) is 0. The number of alkyl halides is 1. The summed E-state index contributed by atoms with van der Waals surface area (Å²) in [5, 5.41) is 2.85. The van der Waals surface area contributed by atoms with Crippen LogP contribution in [-0.2, 0) is 9.84 Å². The van der Waals surface area contributed by atoms with E-state index in [1.807, 2.05) is 0 Å². The molecular formula is C8H16FNO2S. The molecular weight excluding hydrogens is 193 g/mol. The zero-order valence-electron chi connectivity index (χ0n) is 7.79. The molecule has 13 heavy (non-hydrogen) atoms. The third-order valence-electron chi connectivity index (χ3n) is 2.45. The van der Waals surface area contributed by atoms with Gasteiger partial charge >= 0.3 is 0 Å². The molecule has 0 aromatic carbocycles. The highest BCUT2D eigenvalue weighted by molar-refractivity contribution is 7.91. The van der Waals surface area contributed by atoms with Crippen molar-refractivity contribution in [2.24, 2.45) is 5.92 Å². The van der Waals surface area contributed by atoms with Gasteiger partial charge in [-0.05, 0) is 26.4 Å². The summed E-state index contributed by atoms with van der Waals surface area (Å²) in [4.78, 5) is 0. The van der Waals surface area contributed by atoms with Gasteiger partial charge in [0.25, 0.3) is 0 Å². The predicted molar refractivity (Wildman–Crippen MR) is 50.2 cm³/mol. The molecule has 1 N–H and O–H groups in total. The zero-order chi connectivity index (χ0) is 9.90.